The van der Waals surface area contributed by atoms with Crippen molar-refractivity contribution in [3.05, 3.63) is 82.4 Å². The number of sulfonamides is 1. The molecule has 5 rings (SSSR count). The quantitative estimate of drug-likeness (QED) is 0.0799. The van der Waals surface area contributed by atoms with Gasteiger partial charge in [0.25, 0.3) is 0 Å². The molecular weight excluding hydrogens is 691 g/mol. The summed E-state index contributed by atoms with van der Waals surface area (Å²) in [5.74, 6) is -0.196. The summed E-state index contributed by atoms with van der Waals surface area (Å²) >= 11 is 0. The first-order chi connectivity index (χ1) is 25.5. The minimum atomic E-state index is -3.79. The van der Waals surface area contributed by atoms with Gasteiger partial charge in [0.1, 0.15) is 16.8 Å². The van der Waals surface area contributed by atoms with E-state index in [1.807, 2.05) is 49.4 Å². The number of hydrogen-bond donors (Lipinski definition) is 2. The second-order valence-electron chi connectivity index (χ2n) is 14.6. The van der Waals surface area contributed by atoms with Crippen LogP contribution in [-0.2, 0) is 39.6 Å². The second kappa shape index (κ2) is 18.6. The molecule has 0 unspecified atom stereocenters. The average molecular weight is 746 g/mol. The van der Waals surface area contributed by atoms with Crippen molar-refractivity contribution in [1.29, 1.82) is 0 Å². The highest BCUT2D eigenvalue weighted by Crippen LogP contribution is 2.35. The Morgan fingerprint density at radius 2 is 1.70 bits per heavy atom. The Labute approximate surface area is 314 Å². The highest BCUT2D eigenvalue weighted by molar-refractivity contribution is 7.89. The number of aliphatic carboxylic acids is 1. The lowest BCUT2D eigenvalue weighted by molar-refractivity contribution is -0.137. The van der Waals surface area contributed by atoms with Gasteiger partial charge < -0.3 is 15.2 Å². The molecule has 0 bridgehead atoms. The van der Waals surface area contributed by atoms with Crippen molar-refractivity contribution in [1.82, 2.24) is 24.6 Å². The van der Waals surface area contributed by atoms with Crippen LogP contribution in [0.25, 0.3) is 11.0 Å². The number of ether oxygens (including phenoxy) is 1. The molecule has 1 atom stereocenters. The van der Waals surface area contributed by atoms with E-state index in [9.17, 15) is 23.1 Å². The minimum absolute atomic E-state index is 0.122. The van der Waals surface area contributed by atoms with Crippen LogP contribution in [-0.4, -0.2) is 65.4 Å². The van der Waals surface area contributed by atoms with Crippen LogP contribution in [0.15, 0.2) is 59.5 Å². The maximum Gasteiger partial charge on any atom is 0.304 e. The van der Waals surface area contributed by atoms with E-state index in [1.165, 1.54) is 42.8 Å². The van der Waals surface area contributed by atoms with Crippen molar-refractivity contribution in [3.63, 3.8) is 0 Å². The molecule has 0 saturated heterocycles. The molecule has 1 aliphatic rings. The first-order valence-electron chi connectivity index (χ1n) is 19.0. The molecule has 1 heterocycles. The molecule has 12 heteroatoms. The van der Waals surface area contributed by atoms with E-state index in [2.05, 4.69) is 15.6 Å². The third kappa shape index (κ3) is 10.7. The lowest BCUT2D eigenvalue weighted by Gasteiger charge is -2.22. The zero-order chi connectivity index (χ0) is 38.0. The average Bonchev–Trinajstić information content (AvgIpc) is 3.32. The van der Waals surface area contributed by atoms with Gasteiger partial charge in [-0.25, -0.2) is 13.1 Å². The number of carboxylic acid groups (broad SMARTS) is 1. The lowest BCUT2D eigenvalue weighted by Crippen LogP contribution is -2.27. The molecule has 4 aromatic rings. The normalized spacial score (nSPS) is 14.7. The number of benzene rings is 3. The number of rotatable bonds is 18. The Morgan fingerprint density at radius 1 is 0.981 bits per heavy atom. The third-order valence-electron chi connectivity index (χ3n) is 10.7. The van der Waals surface area contributed by atoms with Crippen LogP contribution < -0.4 is 10.1 Å². The van der Waals surface area contributed by atoms with Crippen LogP contribution in [0.5, 0.6) is 5.75 Å². The fourth-order valence-corrected chi connectivity index (χ4v) is 8.63. The van der Waals surface area contributed by atoms with Gasteiger partial charge in [0.2, 0.25) is 15.9 Å². The van der Waals surface area contributed by atoms with Crippen molar-refractivity contribution in [3.8, 4) is 5.75 Å². The van der Waals surface area contributed by atoms with E-state index in [0.717, 1.165) is 66.5 Å². The number of carbonyl (C=O) groups is 2. The van der Waals surface area contributed by atoms with E-state index < -0.39 is 21.9 Å². The zero-order valence-corrected chi connectivity index (χ0v) is 32.5. The Hall–Kier alpha value is -4.29. The molecule has 3 aromatic carbocycles. The molecule has 0 spiro atoms. The van der Waals surface area contributed by atoms with Gasteiger partial charge in [-0.1, -0.05) is 74.1 Å². The van der Waals surface area contributed by atoms with Crippen LogP contribution in [0.2, 0.25) is 0 Å². The van der Waals surface area contributed by atoms with E-state index in [-0.39, 0.29) is 23.8 Å². The SMILES string of the molecule is COc1cc([C@@H](CC(=O)O)c2ccc(C)c(CN(C)S(=O)(=O)c3ccc(CCCCCCNC(=O)CC4CCCCCC4)cc3)c2)cc2nnn(C)c12. The largest absolute Gasteiger partial charge is 0.494 e. The fraction of sp³-hybridized carbons (Fsp3) is 0.512. The van der Waals surface area contributed by atoms with Crippen molar-refractivity contribution in [2.24, 2.45) is 13.0 Å². The number of hydrogen-bond acceptors (Lipinski definition) is 7. The fourth-order valence-electron chi connectivity index (χ4n) is 7.48. The standard InChI is InChI=1S/C41H55N5O6S/c1-29-16-19-32(36(27-40(48)49)33-25-37-41(38(26-33)52-4)46(3)44-43-37)24-34(29)28-45(2)53(50,51)35-20-17-30(18-21-35)13-9-7-8-12-22-42-39(47)23-31-14-10-5-6-11-15-31/h16-21,24-26,31,36H,5-15,22-23,27-28H2,1-4H3,(H,42,47)(H,48,49)/t36-/m0/s1. The van der Waals surface area contributed by atoms with Gasteiger partial charge in [-0.3, -0.25) is 9.59 Å². The van der Waals surface area contributed by atoms with E-state index in [0.29, 0.717) is 29.1 Å². The number of methoxy groups -OCH3 is 1. The molecule has 0 aliphatic heterocycles. The van der Waals surface area contributed by atoms with Crippen LogP contribution in [0.1, 0.15) is 111 Å². The van der Waals surface area contributed by atoms with Crippen LogP contribution in [0.4, 0.5) is 0 Å². The van der Waals surface area contributed by atoms with E-state index in [4.69, 9.17) is 4.74 Å². The second-order valence-corrected chi connectivity index (χ2v) is 16.7. The number of fused-ring (bicyclic) bond motifs is 1. The summed E-state index contributed by atoms with van der Waals surface area (Å²) in [5, 5.41) is 21.3. The summed E-state index contributed by atoms with van der Waals surface area (Å²) in [5.41, 5.74) is 5.56. The van der Waals surface area contributed by atoms with Gasteiger partial charge in [0, 0.05) is 39.5 Å². The summed E-state index contributed by atoms with van der Waals surface area (Å²) in [4.78, 5) is 24.6. The third-order valence-corrected chi connectivity index (χ3v) is 12.5. The Balaban J connectivity index is 1.15. The molecule has 286 valence electrons. The first-order valence-corrected chi connectivity index (χ1v) is 20.4. The number of amides is 1. The van der Waals surface area contributed by atoms with Crippen LogP contribution >= 0.6 is 0 Å². The van der Waals surface area contributed by atoms with Gasteiger partial charge in [-0.2, -0.15) is 4.31 Å². The van der Waals surface area contributed by atoms with Crippen LogP contribution in [0, 0.1) is 12.8 Å². The summed E-state index contributed by atoms with van der Waals surface area (Å²) < 4.78 is 35.9. The Morgan fingerprint density at radius 3 is 2.40 bits per heavy atom. The molecule has 11 nitrogen and oxygen atoms in total. The summed E-state index contributed by atoms with van der Waals surface area (Å²) in [7, 11) is 1.10. The number of nitrogens with one attached hydrogen (secondary N) is 1. The minimum Gasteiger partial charge on any atom is -0.494 e. The molecular formula is C41H55N5O6S. The molecule has 1 amide bonds. The van der Waals surface area contributed by atoms with Gasteiger partial charge in [-0.15, -0.1) is 5.10 Å². The van der Waals surface area contributed by atoms with Crippen molar-refractivity contribution >= 4 is 32.9 Å². The number of carbonyl (C=O) groups excluding carboxylic acids is 1. The topological polar surface area (TPSA) is 144 Å². The van der Waals surface area contributed by atoms with E-state index in [1.54, 1.807) is 38.0 Å². The Bertz CT molecular complexity index is 1950. The molecule has 1 fully saturated rings. The highest BCUT2D eigenvalue weighted by atomic mass is 32.2. The smallest absolute Gasteiger partial charge is 0.304 e. The molecule has 1 aromatic heterocycles. The molecule has 0 radical (unpaired) electrons. The van der Waals surface area contributed by atoms with E-state index >= 15 is 0 Å². The summed E-state index contributed by atoms with van der Waals surface area (Å²) in [6, 6.07) is 16.5. The van der Waals surface area contributed by atoms with Crippen molar-refractivity contribution in [2.45, 2.75) is 108 Å². The van der Waals surface area contributed by atoms with Gasteiger partial charge >= 0.3 is 5.97 Å². The maximum atomic E-state index is 13.7. The highest BCUT2D eigenvalue weighted by Gasteiger charge is 2.25. The Kier molecular flexibility index (Phi) is 14.0. The number of nitrogens with zero attached hydrogens (tertiary/aromatic N) is 4. The molecule has 1 saturated carbocycles. The lowest BCUT2D eigenvalue weighted by atomic mass is 9.86. The van der Waals surface area contributed by atoms with Crippen molar-refractivity contribution < 1.29 is 27.9 Å². The molecule has 1 aliphatic carbocycles. The predicted octanol–water partition coefficient (Wildman–Crippen LogP) is 7.29. The number of unbranched alkanes of at least 4 members (excludes halogenated alkanes) is 3. The predicted molar refractivity (Wildman–Crippen MR) is 206 cm³/mol. The van der Waals surface area contributed by atoms with Gasteiger partial charge in [-0.05, 0) is 97.0 Å². The number of aryl methyl sites for hydroxylation is 3. The van der Waals surface area contributed by atoms with Crippen molar-refractivity contribution in [2.75, 3.05) is 20.7 Å². The van der Waals surface area contributed by atoms with Gasteiger partial charge in [0.05, 0.1) is 18.4 Å². The number of carboxylic acids is 1. The van der Waals surface area contributed by atoms with Gasteiger partial charge in [0.15, 0.2) is 0 Å². The zero-order valence-electron chi connectivity index (χ0n) is 31.6. The molecule has 53 heavy (non-hydrogen) atoms. The monoisotopic (exact) mass is 745 g/mol. The molecule has 2 N–H and O–H groups in total. The first kappa shape index (κ1) is 39.9. The van der Waals surface area contributed by atoms with Crippen LogP contribution in [0.3, 0.4) is 0 Å². The maximum absolute atomic E-state index is 13.7. The number of aromatic nitrogens is 3. The summed E-state index contributed by atoms with van der Waals surface area (Å²) in [6.07, 6.45) is 12.9. The summed E-state index contributed by atoms with van der Waals surface area (Å²) in [6.45, 7) is 2.77.